The topological polar surface area (TPSA) is 78.0 Å². The van der Waals surface area contributed by atoms with Crippen LogP contribution in [0.15, 0.2) is 53.3 Å². The number of nitrogens with two attached hydrogens (primary N) is 1. The monoisotopic (exact) mass is 337 g/mol. The molecular weight excluding hydrogens is 321 g/mol. The van der Waals surface area contributed by atoms with Crippen molar-refractivity contribution in [2.75, 3.05) is 0 Å². The van der Waals surface area contributed by atoms with Crippen LogP contribution in [-0.4, -0.2) is 15.5 Å². The Kier molecular flexibility index (Phi) is 4.43. The van der Waals surface area contributed by atoms with E-state index in [1.54, 1.807) is 42.5 Å². The number of halogens is 1. The number of aromatic nitrogens is 2. The third-order valence-corrected chi connectivity index (χ3v) is 3.95. The lowest BCUT2D eigenvalue weighted by Gasteiger charge is -2.15. The van der Waals surface area contributed by atoms with E-state index in [1.165, 1.54) is 29.7 Å². The molecule has 0 aliphatic carbocycles. The lowest BCUT2D eigenvalue weighted by Crippen LogP contribution is -2.34. The Balaban J connectivity index is 2.22. The van der Waals surface area contributed by atoms with Gasteiger partial charge in [0.15, 0.2) is 0 Å². The summed E-state index contributed by atoms with van der Waals surface area (Å²) in [5.41, 5.74) is 5.84. The summed E-state index contributed by atoms with van der Waals surface area (Å²) in [6, 6.07) is 12.2. The quantitative estimate of drug-likeness (QED) is 0.795. The molecule has 0 fully saturated rings. The van der Waals surface area contributed by atoms with Gasteiger partial charge in [-0.3, -0.25) is 14.2 Å². The fourth-order valence-corrected chi connectivity index (χ4v) is 2.56. The maximum atomic E-state index is 13.8. The average Bonchev–Trinajstić information content (AvgIpc) is 2.60. The van der Waals surface area contributed by atoms with Crippen molar-refractivity contribution in [2.24, 2.45) is 5.73 Å². The number of hydrogen-bond donors (Lipinski definition) is 1. The highest BCUT2D eigenvalue weighted by Gasteiger charge is 2.18. The zero-order valence-electron chi connectivity index (χ0n) is 13.5. The van der Waals surface area contributed by atoms with Crippen molar-refractivity contribution >= 4 is 29.0 Å². The van der Waals surface area contributed by atoms with Crippen molar-refractivity contribution in [3.8, 4) is 0 Å². The number of para-hydroxylation sites is 1. The molecule has 0 radical (unpaired) electrons. The zero-order valence-corrected chi connectivity index (χ0v) is 13.5. The van der Waals surface area contributed by atoms with Crippen LogP contribution in [0.25, 0.3) is 23.1 Å². The first kappa shape index (κ1) is 16.6. The van der Waals surface area contributed by atoms with Crippen LogP contribution in [0.2, 0.25) is 0 Å². The molecule has 6 heteroatoms. The van der Waals surface area contributed by atoms with Gasteiger partial charge in [-0.2, -0.15) is 0 Å². The van der Waals surface area contributed by atoms with Crippen LogP contribution in [0.1, 0.15) is 24.4 Å². The van der Waals surface area contributed by atoms with E-state index < -0.39 is 17.8 Å². The molecule has 0 spiro atoms. The van der Waals surface area contributed by atoms with E-state index in [9.17, 15) is 14.0 Å². The number of carbonyl (C=O) groups excluding carboxylic acids is 1. The first-order chi connectivity index (χ1) is 12.0. The summed E-state index contributed by atoms with van der Waals surface area (Å²) in [5, 5.41) is 0.388. The summed E-state index contributed by atoms with van der Waals surface area (Å²) in [5.74, 6) is -0.811. The van der Waals surface area contributed by atoms with Crippen LogP contribution >= 0.6 is 0 Å². The summed E-state index contributed by atoms with van der Waals surface area (Å²) in [6.45, 7) is 1.53. The van der Waals surface area contributed by atoms with Crippen LogP contribution in [0.4, 0.5) is 4.39 Å². The molecule has 1 atom stereocenters. The molecule has 5 nitrogen and oxygen atoms in total. The van der Waals surface area contributed by atoms with Crippen LogP contribution in [0.5, 0.6) is 0 Å². The van der Waals surface area contributed by atoms with Crippen molar-refractivity contribution in [1.82, 2.24) is 9.55 Å². The largest absolute Gasteiger partial charge is 0.368 e. The number of rotatable bonds is 4. The van der Waals surface area contributed by atoms with Crippen molar-refractivity contribution in [3.63, 3.8) is 0 Å². The van der Waals surface area contributed by atoms with Gasteiger partial charge in [0.25, 0.3) is 5.56 Å². The van der Waals surface area contributed by atoms with E-state index >= 15 is 0 Å². The standard InChI is InChI=1S/C19H16FN3O2/c1-12(18(21)24)23-17(11-10-13-6-2-4-8-15(13)20)22-16-9-5-3-7-14(16)19(23)25/h2-12H,1H3,(H2,21,24)/b11-10+. The number of nitrogens with zero attached hydrogens (tertiary/aromatic N) is 2. The number of primary amides is 1. The summed E-state index contributed by atoms with van der Waals surface area (Å²) < 4.78 is 15.0. The maximum absolute atomic E-state index is 13.8. The summed E-state index contributed by atoms with van der Waals surface area (Å²) in [7, 11) is 0. The van der Waals surface area contributed by atoms with E-state index in [0.29, 0.717) is 16.5 Å². The highest BCUT2D eigenvalue weighted by atomic mass is 19.1. The average molecular weight is 337 g/mol. The SMILES string of the molecule is CC(C(N)=O)n1c(/C=C/c2ccccc2F)nc2ccccc2c1=O. The second kappa shape index (κ2) is 6.68. The summed E-state index contributed by atoms with van der Waals surface area (Å²) in [4.78, 5) is 28.8. The fraction of sp³-hybridized carbons (Fsp3) is 0.105. The number of amides is 1. The Morgan fingerprint density at radius 2 is 1.84 bits per heavy atom. The van der Waals surface area contributed by atoms with Gasteiger partial charge < -0.3 is 5.73 Å². The molecule has 0 aliphatic heterocycles. The number of benzene rings is 2. The Morgan fingerprint density at radius 1 is 1.16 bits per heavy atom. The Labute approximate surface area is 143 Å². The Morgan fingerprint density at radius 3 is 2.56 bits per heavy atom. The molecule has 25 heavy (non-hydrogen) atoms. The van der Waals surface area contributed by atoms with Gasteiger partial charge in [-0.25, -0.2) is 9.37 Å². The minimum atomic E-state index is -0.884. The lowest BCUT2D eigenvalue weighted by atomic mass is 10.2. The predicted octanol–water partition coefficient (Wildman–Crippen LogP) is 2.75. The molecule has 1 unspecified atom stereocenters. The highest BCUT2D eigenvalue weighted by molar-refractivity contribution is 5.82. The number of carbonyl (C=O) groups is 1. The van der Waals surface area contributed by atoms with Gasteiger partial charge in [0, 0.05) is 5.56 Å². The van der Waals surface area contributed by atoms with Crippen molar-refractivity contribution in [3.05, 3.63) is 76.1 Å². The van der Waals surface area contributed by atoms with Crippen LogP contribution < -0.4 is 11.3 Å². The van der Waals surface area contributed by atoms with Gasteiger partial charge in [0.05, 0.1) is 10.9 Å². The molecule has 1 amide bonds. The Hall–Kier alpha value is -3.28. The van der Waals surface area contributed by atoms with Crippen LogP contribution in [0.3, 0.4) is 0 Å². The van der Waals surface area contributed by atoms with E-state index in [-0.39, 0.29) is 11.4 Å². The molecule has 0 aliphatic rings. The molecule has 2 aromatic carbocycles. The molecule has 0 bridgehead atoms. The van der Waals surface area contributed by atoms with Gasteiger partial charge in [-0.15, -0.1) is 0 Å². The van der Waals surface area contributed by atoms with Gasteiger partial charge >= 0.3 is 0 Å². The van der Waals surface area contributed by atoms with E-state index in [1.807, 2.05) is 0 Å². The minimum absolute atomic E-state index is 0.234. The van der Waals surface area contributed by atoms with Gasteiger partial charge in [0.2, 0.25) is 5.91 Å². The molecule has 126 valence electrons. The second-order valence-electron chi connectivity index (χ2n) is 5.60. The maximum Gasteiger partial charge on any atom is 0.262 e. The lowest BCUT2D eigenvalue weighted by molar-refractivity contribution is -0.120. The molecule has 0 saturated heterocycles. The van der Waals surface area contributed by atoms with Crippen molar-refractivity contribution in [1.29, 1.82) is 0 Å². The molecule has 0 saturated carbocycles. The normalized spacial score (nSPS) is 12.6. The first-order valence-electron chi connectivity index (χ1n) is 7.72. The predicted molar refractivity (Wildman–Crippen MR) is 95.2 cm³/mol. The third kappa shape index (κ3) is 3.19. The van der Waals surface area contributed by atoms with Crippen LogP contribution in [0, 0.1) is 5.82 Å². The van der Waals surface area contributed by atoms with E-state index in [0.717, 1.165) is 0 Å². The van der Waals surface area contributed by atoms with E-state index in [2.05, 4.69) is 4.98 Å². The molecule has 1 aromatic heterocycles. The number of hydrogen-bond acceptors (Lipinski definition) is 3. The smallest absolute Gasteiger partial charge is 0.262 e. The number of fused-ring (bicyclic) bond motifs is 1. The second-order valence-corrected chi connectivity index (χ2v) is 5.60. The molecular formula is C19H16FN3O2. The van der Waals surface area contributed by atoms with Crippen molar-refractivity contribution in [2.45, 2.75) is 13.0 Å². The zero-order chi connectivity index (χ0) is 18.0. The summed E-state index contributed by atoms with van der Waals surface area (Å²) in [6.07, 6.45) is 3.02. The fourth-order valence-electron chi connectivity index (χ4n) is 2.56. The molecule has 2 N–H and O–H groups in total. The molecule has 3 aromatic rings. The van der Waals surface area contributed by atoms with Gasteiger partial charge in [0.1, 0.15) is 17.7 Å². The van der Waals surface area contributed by atoms with Gasteiger partial charge in [-0.1, -0.05) is 30.3 Å². The van der Waals surface area contributed by atoms with Crippen molar-refractivity contribution < 1.29 is 9.18 Å². The molecule has 3 rings (SSSR count). The van der Waals surface area contributed by atoms with Crippen LogP contribution in [-0.2, 0) is 4.79 Å². The summed E-state index contributed by atoms with van der Waals surface area (Å²) >= 11 is 0. The third-order valence-electron chi connectivity index (χ3n) is 3.95. The first-order valence-corrected chi connectivity index (χ1v) is 7.72. The Bertz CT molecular complexity index is 1040. The minimum Gasteiger partial charge on any atom is -0.368 e. The van der Waals surface area contributed by atoms with Gasteiger partial charge in [-0.05, 0) is 37.3 Å². The van der Waals surface area contributed by atoms with E-state index in [4.69, 9.17) is 5.73 Å². The molecule has 1 heterocycles. The highest BCUT2D eigenvalue weighted by Crippen LogP contribution is 2.15.